The monoisotopic (exact) mass is 254 g/mol. The van der Waals surface area contributed by atoms with E-state index in [4.69, 9.17) is 0 Å². The number of fused-ring (bicyclic) bond motifs is 1. The Morgan fingerprint density at radius 1 is 1.16 bits per heavy atom. The zero-order valence-electron chi connectivity index (χ0n) is 11.1. The van der Waals surface area contributed by atoms with Crippen LogP contribution in [0.2, 0.25) is 0 Å². The van der Waals surface area contributed by atoms with Crippen molar-refractivity contribution >= 4 is 11.4 Å². The normalized spacial score (nSPS) is 26.5. The molecule has 1 N–H and O–H groups in total. The van der Waals surface area contributed by atoms with Gasteiger partial charge in [-0.25, -0.2) is 0 Å². The lowest BCUT2D eigenvalue weighted by molar-refractivity contribution is -0.118. The highest BCUT2D eigenvalue weighted by Crippen LogP contribution is 2.49. The van der Waals surface area contributed by atoms with E-state index in [1.54, 1.807) is 12.1 Å². The van der Waals surface area contributed by atoms with Gasteiger partial charge >= 0.3 is 0 Å². The molecule has 2 unspecified atom stereocenters. The Hall–Kier alpha value is -1.83. The predicted octanol–water partition coefficient (Wildman–Crippen LogP) is 3.72. The molecule has 2 nitrogen and oxygen atoms in total. The van der Waals surface area contributed by atoms with Crippen molar-refractivity contribution in [3.05, 3.63) is 47.6 Å². The predicted molar refractivity (Wildman–Crippen MR) is 75.7 cm³/mol. The molecule has 0 aromatic heterocycles. The van der Waals surface area contributed by atoms with Crippen molar-refractivity contribution in [3.63, 3.8) is 0 Å². The molecule has 0 amide bonds. The number of carbonyl (C=O) groups is 1. The van der Waals surface area contributed by atoms with Crippen molar-refractivity contribution in [3.8, 4) is 5.75 Å². The highest BCUT2D eigenvalue weighted by Gasteiger charge is 2.43. The fourth-order valence-electron chi connectivity index (χ4n) is 3.50. The van der Waals surface area contributed by atoms with Crippen molar-refractivity contribution in [1.29, 1.82) is 0 Å². The lowest BCUT2D eigenvalue weighted by atomic mass is 9.90. The number of hydrogen-bond acceptors (Lipinski definition) is 2. The largest absolute Gasteiger partial charge is 0.508 e. The molecule has 1 saturated carbocycles. The Bertz CT molecular complexity index is 563. The summed E-state index contributed by atoms with van der Waals surface area (Å²) in [6.45, 7) is 1.95. The molecular weight excluding hydrogens is 236 g/mol. The fourth-order valence-corrected chi connectivity index (χ4v) is 3.50. The van der Waals surface area contributed by atoms with Gasteiger partial charge in [0, 0.05) is 11.5 Å². The first-order chi connectivity index (χ1) is 9.22. The molecule has 2 atom stereocenters. The van der Waals surface area contributed by atoms with Gasteiger partial charge in [0.1, 0.15) is 5.75 Å². The molecule has 1 aromatic carbocycles. The van der Waals surface area contributed by atoms with Gasteiger partial charge in [-0.2, -0.15) is 0 Å². The number of hydrogen-bond donors (Lipinski definition) is 1. The molecule has 2 aliphatic rings. The van der Waals surface area contributed by atoms with Crippen LogP contribution >= 0.6 is 0 Å². The van der Waals surface area contributed by atoms with Gasteiger partial charge in [0.2, 0.25) is 0 Å². The first-order valence-electron chi connectivity index (χ1n) is 6.93. The minimum absolute atomic E-state index is 0.190. The number of aromatic hydroxyl groups is 1. The summed E-state index contributed by atoms with van der Waals surface area (Å²) in [6.07, 6.45) is 7.16. The molecule has 0 radical (unpaired) electrons. The number of phenolic OH excluding ortho intramolecular Hbond substituents is 1. The van der Waals surface area contributed by atoms with E-state index in [0.29, 0.717) is 11.7 Å². The highest BCUT2D eigenvalue weighted by molar-refractivity contribution is 6.12. The maximum Gasteiger partial charge on any atom is 0.166 e. The average molecular weight is 254 g/mol. The second-order valence-electron chi connectivity index (χ2n) is 5.38. The smallest absolute Gasteiger partial charge is 0.166 e. The molecule has 1 fully saturated rings. The summed E-state index contributed by atoms with van der Waals surface area (Å²) < 4.78 is 0. The third-order valence-corrected chi connectivity index (χ3v) is 4.29. The van der Waals surface area contributed by atoms with Crippen LogP contribution in [0.5, 0.6) is 5.75 Å². The summed E-state index contributed by atoms with van der Waals surface area (Å²) in [5.74, 6) is 1.14. The van der Waals surface area contributed by atoms with Gasteiger partial charge in [0.15, 0.2) is 5.78 Å². The van der Waals surface area contributed by atoms with Gasteiger partial charge in [0.05, 0.1) is 0 Å². The van der Waals surface area contributed by atoms with Crippen LogP contribution in [0.4, 0.5) is 0 Å². The fraction of sp³-hybridized carbons (Fsp3) is 0.353. The maximum atomic E-state index is 12.5. The van der Waals surface area contributed by atoms with Gasteiger partial charge in [-0.05, 0) is 49.0 Å². The van der Waals surface area contributed by atoms with E-state index in [-0.39, 0.29) is 11.7 Å². The summed E-state index contributed by atoms with van der Waals surface area (Å²) in [4.78, 5) is 12.5. The molecule has 2 heteroatoms. The number of allylic oxidation sites excluding steroid dienone is 4. The molecule has 0 bridgehead atoms. The van der Waals surface area contributed by atoms with Gasteiger partial charge in [-0.15, -0.1) is 0 Å². The van der Waals surface area contributed by atoms with Crippen molar-refractivity contribution in [1.82, 2.24) is 0 Å². The van der Waals surface area contributed by atoms with Crippen molar-refractivity contribution in [2.45, 2.75) is 26.2 Å². The summed E-state index contributed by atoms with van der Waals surface area (Å²) in [6, 6.07) is 7.23. The van der Waals surface area contributed by atoms with Gasteiger partial charge in [-0.3, -0.25) is 4.79 Å². The number of carbonyl (C=O) groups excluding carboxylic acids is 1. The number of rotatable bonds is 2. The van der Waals surface area contributed by atoms with Crippen molar-refractivity contribution < 1.29 is 9.90 Å². The van der Waals surface area contributed by atoms with E-state index < -0.39 is 0 Å². The van der Waals surface area contributed by atoms with Gasteiger partial charge in [-0.1, -0.05) is 30.7 Å². The summed E-state index contributed by atoms with van der Waals surface area (Å²) in [7, 11) is 0. The Morgan fingerprint density at radius 2 is 1.84 bits per heavy atom. The third kappa shape index (κ3) is 1.92. The number of ketones is 1. The van der Waals surface area contributed by atoms with E-state index in [9.17, 15) is 9.90 Å². The first kappa shape index (κ1) is 12.2. The van der Waals surface area contributed by atoms with E-state index in [1.807, 2.05) is 31.2 Å². The summed E-state index contributed by atoms with van der Waals surface area (Å²) in [5.41, 5.74) is 3.14. The number of Topliss-reactive ketones (excluding diaryl/α,β-unsaturated/α-hetero) is 1. The van der Waals surface area contributed by atoms with Crippen LogP contribution in [0, 0.1) is 11.8 Å². The van der Waals surface area contributed by atoms with Crippen molar-refractivity contribution in [2.75, 3.05) is 0 Å². The molecule has 0 saturated heterocycles. The molecule has 2 aliphatic carbocycles. The molecule has 0 spiro atoms. The van der Waals surface area contributed by atoms with Crippen LogP contribution < -0.4 is 0 Å². The molecule has 1 aromatic rings. The average Bonchev–Trinajstić information content (AvgIpc) is 2.96. The van der Waals surface area contributed by atoms with Crippen LogP contribution in [-0.2, 0) is 4.79 Å². The van der Waals surface area contributed by atoms with E-state index in [2.05, 4.69) is 0 Å². The lowest BCUT2D eigenvalue weighted by Gasteiger charge is -2.13. The SMILES string of the molecule is C/C=C/C1=C(c2ccc(O)cc2)C2CCCC2C1=O. The van der Waals surface area contributed by atoms with Crippen LogP contribution in [0.15, 0.2) is 42.0 Å². The van der Waals surface area contributed by atoms with Gasteiger partial charge < -0.3 is 5.11 Å². The van der Waals surface area contributed by atoms with Crippen LogP contribution in [-0.4, -0.2) is 10.9 Å². The number of benzene rings is 1. The summed E-state index contributed by atoms with van der Waals surface area (Å²) in [5, 5.41) is 9.41. The Labute approximate surface area is 113 Å². The van der Waals surface area contributed by atoms with Crippen LogP contribution in [0.25, 0.3) is 5.57 Å². The second-order valence-corrected chi connectivity index (χ2v) is 5.38. The van der Waals surface area contributed by atoms with E-state index in [1.165, 1.54) is 5.57 Å². The maximum absolute atomic E-state index is 12.5. The molecule has 3 rings (SSSR count). The molecule has 19 heavy (non-hydrogen) atoms. The quantitative estimate of drug-likeness (QED) is 0.873. The standard InChI is InChI=1S/C17H18O2/c1-2-4-15-16(11-7-9-12(18)10-8-11)13-5-3-6-14(13)17(15)19/h2,4,7-10,13-14,18H,3,5-6H2,1H3/b4-2+. The van der Waals surface area contributed by atoms with Crippen LogP contribution in [0.1, 0.15) is 31.7 Å². The zero-order valence-corrected chi connectivity index (χ0v) is 11.1. The van der Waals surface area contributed by atoms with E-state index >= 15 is 0 Å². The van der Waals surface area contributed by atoms with Crippen molar-refractivity contribution in [2.24, 2.45) is 11.8 Å². The Kier molecular flexibility index (Phi) is 3.02. The van der Waals surface area contributed by atoms with Gasteiger partial charge in [0.25, 0.3) is 0 Å². The lowest BCUT2D eigenvalue weighted by Crippen LogP contribution is -2.11. The minimum Gasteiger partial charge on any atom is -0.508 e. The molecule has 0 aliphatic heterocycles. The highest BCUT2D eigenvalue weighted by atomic mass is 16.3. The molecule has 98 valence electrons. The first-order valence-corrected chi connectivity index (χ1v) is 6.93. The summed E-state index contributed by atoms with van der Waals surface area (Å²) >= 11 is 0. The Balaban J connectivity index is 2.12. The van der Waals surface area contributed by atoms with Crippen LogP contribution in [0.3, 0.4) is 0 Å². The topological polar surface area (TPSA) is 37.3 Å². The third-order valence-electron chi connectivity index (χ3n) is 4.29. The molecular formula is C17H18O2. The zero-order chi connectivity index (χ0) is 13.4. The molecule has 0 heterocycles. The second kappa shape index (κ2) is 4.69. The Morgan fingerprint density at radius 3 is 2.53 bits per heavy atom. The minimum atomic E-state index is 0.190. The van der Waals surface area contributed by atoms with E-state index in [0.717, 1.165) is 30.4 Å². The number of phenols is 1.